The third kappa shape index (κ3) is 4.59. The van der Waals surface area contributed by atoms with E-state index in [9.17, 15) is 13.2 Å². The molecular formula is C10H13F3N2O. The molecule has 1 heterocycles. The van der Waals surface area contributed by atoms with Gasteiger partial charge in [-0.1, -0.05) is 6.07 Å². The van der Waals surface area contributed by atoms with E-state index in [1.54, 1.807) is 18.3 Å². The highest BCUT2D eigenvalue weighted by atomic mass is 19.4. The second-order valence-electron chi connectivity index (χ2n) is 3.25. The molecule has 1 aromatic rings. The fourth-order valence-electron chi connectivity index (χ4n) is 1.18. The fourth-order valence-corrected chi connectivity index (χ4v) is 1.18. The molecule has 0 aliphatic carbocycles. The van der Waals surface area contributed by atoms with Gasteiger partial charge in [0.25, 0.3) is 0 Å². The van der Waals surface area contributed by atoms with Crippen LogP contribution in [0, 0.1) is 0 Å². The van der Waals surface area contributed by atoms with Crippen molar-refractivity contribution < 1.29 is 17.9 Å². The van der Waals surface area contributed by atoms with Crippen LogP contribution in [0.5, 0.6) is 0 Å². The topological polar surface area (TPSA) is 48.1 Å². The Hall–Kier alpha value is -1.14. The van der Waals surface area contributed by atoms with Crippen LogP contribution in [0.1, 0.15) is 18.1 Å². The van der Waals surface area contributed by atoms with Gasteiger partial charge in [0.15, 0.2) is 0 Å². The fraction of sp³-hybridized carbons (Fsp3) is 0.500. The van der Waals surface area contributed by atoms with Crippen LogP contribution in [0.3, 0.4) is 0 Å². The van der Waals surface area contributed by atoms with Crippen LogP contribution in [0.25, 0.3) is 0 Å². The van der Waals surface area contributed by atoms with Crippen LogP contribution in [0.2, 0.25) is 0 Å². The second kappa shape index (κ2) is 5.81. The van der Waals surface area contributed by atoms with Crippen molar-refractivity contribution in [3.8, 4) is 0 Å². The number of nitrogens with zero attached hydrogens (tertiary/aromatic N) is 1. The molecule has 0 saturated heterocycles. The molecule has 16 heavy (non-hydrogen) atoms. The number of aromatic nitrogens is 1. The molecule has 3 nitrogen and oxygen atoms in total. The monoisotopic (exact) mass is 234 g/mol. The summed E-state index contributed by atoms with van der Waals surface area (Å²) < 4.78 is 40.7. The predicted molar refractivity (Wildman–Crippen MR) is 52.7 cm³/mol. The van der Waals surface area contributed by atoms with E-state index < -0.39 is 18.7 Å². The molecule has 1 unspecified atom stereocenters. The summed E-state index contributed by atoms with van der Waals surface area (Å²) in [5.74, 6) is 0. The summed E-state index contributed by atoms with van der Waals surface area (Å²) in [7, 11) is 0. The normalized spacial score (nSPS) is 13.8. The highest BCUT2D eigenvalue weighted by Gasteiger charge is 2.27. The molecule has 2 N–H and O–H groups in total. The largest absolute Gasteiger partial charge is 0.391 e. The molecule has 0 bridgehead atoms. The molecule has 0 aliphatic heterocycles. The van der Waals surface area contributed by atoms with Crippen molar-refractivity contribution in [1.29, 1.82) is 0 Å². The first-order valence-corrected chi connectivity index (χ1v) is 4.81. The van der Waals surface area contributed by atoms with Crippen molar-refractivity contribution in [1.82, 2.24) is 4.98 Å². The number of nitrogens with two attached hydrogens (primary N) is 1. The van der Waals surface area contributed by atoms with E-state index in [0.29, 0.717) is 5.56 Å². The molecule has 1 atom stereocenters. The Bertz CT molecular complexity index is 303. The van der Waals surface area contributed by atoms with Gasteiger partial charge >= 0.3 is 6.18 Å². The van der Waals surface area contributed by atoms with Gasteiger partial charge in [-0.25, -0.2) is 0 Å². The van der Waals surface area contributed by atoms with Gasteiger partial charge in [0.2, 0.25) is 0 Å². The molecule has 0 radical (unpaired) electrons. The van der Waals surface area contributed by atoms with Crippen LogP contribution in [0.15, 0.2) is 24.5 Å². The average Bonchev–Trinajstić information content (AvgIpc) is 2.24. The van der Waals surface area contributed by atoms with Gasteiger partial charge in [-0.15, -0.1) is 0 Å². The zero-order valence-electron chi connectivity index (χ0n) is 8.57. The maximum absolute atomic E-state index is 11.9. The molecule has 0 fully saturated rings. The van der Waals surface area contributed by atoms with Crippen LogP contribution < -0.4 is 5.73 Å². The van der Waals surface area contributed by atoms with Gasteiger partial charge in [0.1, 0.15) is 0 Å². The number of rotatable bonds is 5. The number of pyridine rings is 1. The van der Waals surface area contributed by atoms with Crippen LogP contribution in [-0.2, 0) is 4.74 Å². The average molecular weight is 234 g/mol. The Morgan fingerprint density at radius 3 is 2.69 bits per heavy atom. The minimum atomic E-state index is -4.20. The molecule has 1 aromatic heterocycles. The lowest BCUT2D eigenvalue weighted by Gasteiger charge is -2.16. The van der Waals surface area contributed by atoms with Crippen molar-refractivity contribution in [3.05, 3.63) is 30.1 Å². The van der Waals surface area contributed by atoms with E-state index in [-0.39, 0.29) is 13.2 Å². The summed E-state index contributed by atoms with van der Waals surface area (Å²) in [5.41, 5.74) is 6.11. The van der Waals surface area contributed by atoms with Gasteiger partial charge in [-0.3, -0.25) is 4.98 Å². The SMILES string of the molecule is NCC(OCCC(F)(F)F)c1cccnc1. The maximum atomic E-state index is 11.9. The summed E-state index contributed by atoms with van der Waals surface area (Å²) in [6.45, 7) is -0.260. The van der Waals surface area contributed by atoms with E-state index in [1.807, 2.05) is 0 Å². The van der Waals surface area contributed by atoms with Crippen molar-refractivity contribution in [2.45, 2.75) is 18.7 Å². The van der Waals surface area contributed by atoms with Crippen LogP contribution in [-0.4, -0.2) is 24.3 Å². The molecule has 1 rings (SSSR count). The molecular weight excluding hydrogens is 221 g/mol. The Kier molecular flexibility index (Phi) is 4.70. The third-order valence-corrected chi connectivity index (χ3v) is 1.97. The number of alkyl halides is 3. The Labute approximate surface area is 91.4 Å². The molecule has 6 heteroatoms. The van der Waals surface area contributed by atoms with Crippen molar-refractivity contribution in [2.24, 2.45) is 5.73 Å². The van der Waals surface area contributed by atoms with Gasteiger partial charge in [0.05, 0.1) is 19.1 Å². The first-order valence-electron chi connectivity index (χ1n) is 4.81. The lowest BCUT2D eigenvalue weighted by atomic mass is 10.1. The summed E-state index contributed by atoms with van der Waals surface area (Å²) in [4.78, 5) is 3.85. The molecule has 90 valence electrons. The number of halogens is 3. The zero-order valence-corrected chi connectivity index (χ0v) is 8.57. The predicted octanol–water partition coefficient (Wildman–Crippen LogP) is 2.05. The van der Waals surface area contributed by atoms with E-state index in [2.05, 4.69) is 4.98 Å². The Balaban J connectivity index is 2.45. The quantitative estimate of drug-likeness (QED) is 0.848. The van der Waals surface area contributed by atoms with Crippen molar-refractivity contribution >= 4 is 0 Å². The van der Waals surface area contributed by atoms with Gasteiger partial charge < -0.3 is 10.5 Å². The van der Waals surface area contributed by atoms with Crippen LogP contribution >= 0.6 is 0 Å². The highest BCUT2D eigenvalue weighted by Crippen LogP contribution is 2.21. The number of ether oxygens (including phenoxy) is 1. The van der Waals surface area contributed by atoms with Crippen LogP contribution in [0.4, 0.5) is 13.2 Å². The summed E-state index contributed by atoms with van der Waals surface area (Å²) >= 11 is 0. The minimum Gasteiger partial charge on any atom is -0.372 e. The smallest absolute Gasteiger partial charge is 0.372 e. The molecule has 0 saturated carbocycles. The maximum Gasteiger partial charge on any atom is 0.391 e. The summed E-state index contributed by atoms with van der Waals surface area (Å²) in [6, 6.07) is 3.41. The first-order chi connectivity index (χ1) is 7.53. The van der Waals surface area contributed by atoms with Crippen molar-refractivity contribution in [3.63, 3.8) is 0 Å². The second-order valence-corrected chi connectivity index (χ2v) is 3.25. The van der Waals surface area contributed by atoms with Gasteiger partial charge in [0, 0.05) is 24.5 Å². The minimum absolute atomic E-state index is 0.129. The van der Waals surface area contributed by atoms with E-state index in [1.165, 1.54) is 6.20 Å². The Morgan fingerprint density at radius 2 is 2.19 bits per heavy atom. The van der Waals surface area contributed by atoms with Crippen molar-refractivity contribution in [2.75, 3.05) is 13.2 Å². The molecule has 0 spiro atoms. The highest BCUT2D eigenvalue weighted by molar-refractivity contribution is 5.12. The first kappa shape index (κ1) is 12.9. The molecule has 0 aromatic carbocycles. The Morgan fingerprint density at radius 1 is 1.44 bits per heavy atom. The standard InChI is InChI=1S/C10H13F3N2O/c11-10(12,13)3-5-16-9(6-14)8-2-1-4-15-7-8/h1-2,4,7,9H,3,5-6,14H2. The zero-order chi connectivity index (χ0) is 12.0. The van der Waals surface area contributed by atoms with Gasteiger partial charge in [-0.05, 0) is 6.07 Å². The summed E-state index contributed by atoms with van der Waals surface area (Å²) in [5, 5.41) is 0. The van der Waals surface area contributed by atoms with E-state index in [0.717, 1.165) is 0 Å². The lowest BCUT2D eigenvalue weighted by Crippen LogP contribution is -2.19. The molecule has 0 aliphatic rings. The third-order valence-electron chi connectivity index (χ3n) is 1.97. The number of hydrogen-bond acceptors (Lipinski definition) is 3. The van der Waals surface area contributed by atoms with E-state index >= 15 is 0 Å². The lowest BCUT2D eigenvalue weighted by molar-refractivity contribution is -0.149. The van der Waals surface area contributed by atoms with Gasteiger partial charge in [-0.2, -0.15) is 13.2 Å². The molecule has 0 amide bonds. The number of hydrogen-bond donors (Lipinski definition) is 1. The summed E-state index contributed by atoms with van der Waals surface area (Å²) in [6.07, 6.45) is -2.59. The van der Waals surface area contributed by atoms with E-state index in [4.69, 9.17) is 10.5 Å².